The minimum absolute atomic E-state index is 0.0111. The molecule has 9 N–H and O–H groups in total. The highest BCUT2D eigenvalue weighted by molar-refractivity contribution is 7.99. The predicted octanol–water partition coefficient (Wildman–Crippen LogP) is 10.0. The Balaban J connectivity index is 1.27. The SMILES string of the molecule is CCN(CC)c1cc(Nc2nc(Nc3cc(N(CC)CC)c(OC)cc3/N=N/c3nc(S(=O)(=O)O)c(/C=C(/C(C)=O)C(=O)Nc4cccc(C(N)=O)c4)s3)nc(SCCO)n2)c(/N=N/c2ncc(/C=C(\C(C)=O)C(=O)Nc3cccc(NC=O)c3)s2)cc1OC. The third kappa shape index (κ3) is 17.7. The minimum Gasteiger partial charge on any atom is -0.494 e. The predicted molar refractivity (Wildman–Crippen MR) is 345 cm³/mol. The molecule has 4 amide bonds. The summed E-state index contributed by atoms with van der Waals surface area (Å²) in [5.74, 6) is -2.83. The molecule has 7 aromatic rings. The van der Waals surface area contributed by atoms with Crippen molar-refractivity contribution in [2.24, 2.45) is 26.2 Å². The van der Waals surface area contributed by atoms with Crippen molar-refractivity contribution < 1.29 is 56.3 Å². The van der Waals surface area contributed by atoms with Crippen molar-refractivity contribution in [1.29, 1.82) is 0 Å². The van der Waals surface area contributed by atoms with Gasteiger partial charge in [0.1, 0.15) is 22.9 Å². The van der Waals surface area contributed by atoms with Gasteiger partial charge in [-0.25, -0.2) is 9.97 Å². The topological polar surface area (TPSA) is 402 Å². The molecule has 0 fully saturated rings. The Morgan fingerprint density at radius 3 is 1.71 bits per heavy atom. The number of ketones is 2. The van der Waals surface area contributed by atoms with Gasteiger partial charge in [-0.3, -0.25) is 33.3 Å². The summed E-state index contributed by atoms with van der Waals surface area (Å²) in [4.78, 5) is 102. The molecule has 470 valence electrons. The average molecular weight is 1300 g/mol. The number of thioether (sulfide) groups is 1. The largest absolute Gasteiger partial charge is 0.494 e. The molecule has 90 heavy (non-hydrogen) atoms. The van der Waals surface area contributed by atoms with Gasteiger partial charge in [-0.2, -0.15) is 23.4 Å². The number of anilines is 9. The Morgan fingerprint density at radius 2 is 1.21 bits per heavy atom. The zero-order valence-electron chi connectivity index (χ0n) is 49.6. The van der Waals surface area contributed by atoms with E-state index in [1.807, 2.05) is 37.5 Å². The highest BCUT2D eigenvalue weighted by atomic mass is 32.2. The van der Waals surface area contributed by atoms with Crippen LogP contribution in [-0.2, 0) is 34.1 Å². The van der Waals surface area contributed by atoms with Crippen LogP contribution in [0.15, 0.2) is 121 Å². The molecular formula is C57H61N17O12S4. The van der Waals surface area contributed by atoms with Gasteiger partial charge < -0.3 is 56.7 Å². The van der Waals surface area contributed by atoms with Crippen LogP contribution in [0.5, 0.6) is 11.5 Å². The van der Waals surface area contributed by atoms with E-state index in [1.54, 1.807) is 42.5 Å². The Bertz CT molecular complexity index is 4090. The zero-order valence-corrected chi connectivity index (χ0v) is 52.9. The average Bonchev–Trinajstić information content (AvgIpc) is 1.31. The number of hydrogen-bond donors (Lipinski definition) is 8. The number of Topliss-reactive ketones (excluding diaryl/α,β-unsaturated/α-hetero) is 2. The molecule has 0 aliphatic heterocycles. The van der Waals surface area contributed by atoms with E-state index in [9.17, 15) is 46.8 Å². The van der Waals surface area contributed by atoms with Crippen LogP contribution in [0.25, 0.3) is 12.2 Å². The van der Waals surface area contributed by atoms with Gasteiger partial charge in [-0.15, -0.1) is 20.5 Å². The minimum atomic E-state index is -5.11. The van der Waals surface area contributed by atoms with Gasteiger partial charge >= 0.3 is 10.1 Å². The maximum Gasteiger partial charge on any atom is 0.313 e. The number of thiazole rings is 2. The van der Waals surface area contributed by atoms with Gasteiger partial charge in [-0.1, -0.05) is 46.6 Å². The number of rotatable bonds is 31. The molecule has 0 unspecified atom stereocenters. The van der Waals surface area contributed by atoms with E-state index in [0.717, 1.165) is 36.1 Å². The van der Waals surface area contributed by atoms with Crippen LogP contribution in [0.2, 0.25) is 0 Å². The fourth-order valence-electron chi connectivity index (χ4n) is 8.38. The lowest BCUT2D eigenvalue weighted by Gasteiger charge is -2.25. The standard InChI is InChI=1S/C57H61N17O12S4/c1-9-73(10-2)44-25-40(42(27-46(44)85-7)69-71-55-59-29-37(88-55)23-38(31(5)77)50(80)62-36-18-14-16-34(22-36)60-30-76)63-53-66-54(68-56(67-53)87-20-19-75)64-41-26-45(74(11-3)12-4)47(86-8)28-43(41)70-72-57-65-52(90(82,83)84)48(89-57)24-39(32(6)78)51(81)61-35-17-13-15-33(21-35)49(58)79/h13-18,21-30,75H,9-12,19-20H2,1-8H3,(H2,58,79)(H,60,76)(H,61,81)(H,62,80)(H,82,83,84)(H2,63,64,66,67,68)/b38-23+,39-24-,71-69+,72-70+. The third-order valence-corrected chi connectivity index (χ3v) is 16.1. The van der Waals surface area contributed by atoms with Crippen LogP contribution < -0.4 is 51.6 Å². The van der Waals surface area contributed by atoms with Crippen LogP contribution in [0.1, 0.15) is 61.7 Å². The van der Waals surface area contributed by atoms with Crippen molar-refractivity contribution in [2.75, 3.05) is 89.1 Å². The number of nitrogens with one attached hydrogen (secondary N) is 5. The number of aliphatic hydroxyl groups is 1. The molecule has 29 nitrogen and oxygen atoms in total. The van der Waals surface area contributed by atoms with E-state index in [0.29, 0.717) is 88.7 Å². The highest BCUT2D eigenvalue weighted by Gasteiger charge is 2.26. The first-order chi connectivity index (χ1) is 43.1. The van der Waals surface area contributed by atoms with Crippen LogP contribution in [0, 0.1) is 0 Å². The summed E-state index contributed by atoms with van der Waals surface area (Å²) in [5, 5.41) is 40.8. The number of nitrogens with two attached hydrogens (primary N) is 1. The maximum atomic E-state index is 13.5. The zero-order chi connectivity index (χ0) is 65.2. The van der Waals surface area contributed by atoms with Gasteiger partial charge in [0.2, 0.25) is 39.5 Å². The first-order valence-electron chi connectivity index (χ1n) is 27.2. The van der Waals surface area contributed by atoms with Crippen molar-refractivity contribution in [3.05, 3.63) is 105 Å². The molecule has 0 saturated carbocycles. The molecule has 4 aromatic carbocycles. The van der Waals surface area contributed by atoms with Crippen molar-refractivity contribution in [2.45, 2.75) is 51.7 Å². The Labute approximate surface area is 528 Å². The van der Waals surface area contributed by atoms with E-state index in [4.69, 9.17) is 20.2 Å². The molecule has 0 saturated heterocycles. The molecule has 7 rings (SSSR count). The fourth-order valence-corrected chi connectivity index (χ4v) is 11.4. The number of methoxy groups -OCH3 is 2. The van der Waals surface area contributed by atoms with Crippen molar-refractivity contribution in [3.63, 3.8) is 0 Å². The van der Waals surface area contributed by atoms with Crippen molar-refractivity contribution >= 4 is 166 Å². The number of amides is 4. The van der Waals surface area contributed by atoms with Crippen LogP contribution in [0.3, 0.4) is 0 Å². The maximum absolute atomic E-state index is 13.5. The lowest BCUT2D eigenvalue weighted by molar-refractivity contribution is -0.120. The number of carbonyl (C=O) groups is 6. The number of nitrogens with zero attached hydrogens (tertiary/aromatic N) is 11. The number of carbonyl (C=O) groups excluding carboxylic acids is 6. The number of hydrogen-bond acceptors (Lipinski definition) is 27. The molecule has 0 aliphatic carbocycles. The smallest absolute Gasteiger partial charge is 0.313 e. The first kappa shape index (κ1) is 67.6. The lowest BCUT2D eigenvalue weighted by atomic mass is 10.1. The van der Waals surface area contributed by atoms with Gasteiger partial charge in [0, 0.05) is 72.9 Å². The van der Waals surface area contributed by atoms with E-state index >= 15 is 0 Å². The van der Waals surface area contributed by atoms with Crippen molar-refractivity contribution in [1.82, 2.24) is 24.9 Å². The molecule has 3 aromatic heterocycles. The molecular weight excluding hydrogens is 1240 g/mol. The third-order valence-electron chi connectivity index (χ3n) is 12.6. The van der Waals surface area contributed by atoms with Gasteiger partial charge in [0.05, 0.1) is 64.5 Å². The summed E-state index contributed by atoms with van der Waals surface area (Å²) >= 11 is 2.74. The Hall–Kier alpha value is -9.93. The van der Waals surface area contributed by atoms with E-state index in [-0.39, 0.29) is 78.4 Å². The number of primary amides is 1. The summed E-state index contributed by atoms with van der Waals surface area (Å²) in [6.07, 6.45) is 4.24. The molecule has 0 radical (unpaired) electrons. The number of aliphatic hydroxyl groups excluding tert-OH is 1. The second-order valence-electron chi connectivity index (χ2n) is 18.5. The molecule has 0 bridgehead atoms. The molecule has 3 heterocycles. The quantitative estimate of drug-likeness (QED) is 0.00381. The van der Waals surface area contributed by atoms with E-state index in [2.05, 4.69) is 67.0 Å². The number of ether oxygens (including phenoxy) is 2. The number of azo groups is 2. The molecule has 33 heteroatoms. The second-order valence-corrected chi connectivity index (χ2v) is 23.0. The van der Waals surface area contributed by atoms with Crippen molar-refractivity contribution in [3.8, 4) is 11.5 Å². The normalized spacial score (nSPS) is 11.8. The van der Waals surface area contributed by atoms with Crippen LogP contribution in [-0.4, -0.2) is 131 Å². The van der Waals surface area contributed by atoms with Crippen LogP contribution in [0.4, 0.5) is 73.3 Å². The summed E-state index contributed by atoms with van der Waals surface area (Å²) in [6.45, 7) is 12.2. The summed E-state index contributed by atoms with van der Waals surface area (Å²) in [6, 6.07) is 18.7. The molecule has 0 atom stereocenters. The summed E-state index contributed by atoms with van der Waals surface area (Å²) in [7, 11) is -2.14. The number of aromatic nitrogens is 5. The monoisotopic (exact) mass is 1300 g/mol. The summed E-state index contributed by atoms with van der Waals surface area (Å²) < 4.78 is 47.6. The number of benzene rings is 4. The lowest BCUT2D eigenvalue weighted by Crippen LogP contribution is -2.22. The Kier molecular flexibility index (Phi) is 23.5. The van der Waals surface area contributed by atoms with E-state index in [1.165, 1.54) is 63.7 Å². The molecule has 0 spiro atoms. The highest BCUT2D eigenvalue weighted by Crippen LogP contribution is 2.43. The first-order valence-corrected chi connectivity index (χ1v) is 31.2. The van der Waals surface area contributed by atoms with E-state index < -0.39 is 50.0 Å². The van der Waals surface area contributed by atoms with Crippen LogP contribution >= 0.6 is 34.4 Å². The molecule has 0 aliphatic rings. The fraction of sp³-hybridized carbons (Fsp3) is 0.246. The Morgan fingerprint density at radius 1 is 0.689 bits per heavy atom. The second kappa shape index (κ2) is 31.3. The van der Waals surface area contributed by atoms with Gasteiger partial charge in [0.15, 0.2) is 16.7 Å². The van der Waals surface area contributed by atoms with Gasteiger partial charge in [0.25, 0.3) is 11.8 Å². The summed E-state index contributed by atoms with van der Waals surface area (Å²) in [5.41, 5.74) is 7.78. The van der Waals surface area contributed by atoms with Gasteiger partial charge in [-0.05, 0) is 102 Å².